The Morgan fingerprint density at radius 3 is 2.62 bits per heavy atom. The highest BCUT2D eigenvalue weighted by Gasteiger charge is 2.37. The molecule has 0 spiro atoms. The molecule has 0 saturated heterocycles. The molecule has 0 amide bonds. The molecule has 0 aromatic rings. The van der Waals surface area contributed by atoms with Gasteiger partial charge in [-0.15, -0.1) is 0 Å². The molecule has 0 heterocycles. The highest BCUT2D eigenvalue weighted by Crippen LogP contribution is 2.40. The minimum Gasteiger partial charge on any atom is -0.481 e. The summed E-state index contributed by atoms with van der Waals surface area (Å²) in [5.41, 5.74) is 1.32. The predicted molar refractivity (Wildman–Crippen MR) is 63.2 cm³/mol. The van der Waals surface area contributed by atoms with Crippen molar-refractivity contribution in [2.45, 2.75) is 58.5 Å². The van der Waals surface area contributed by atoms with Crippen molar-refractivity contribution in [1.82, 2.24) is 0 Å². The fourth-order valence-electron chi connectivity index (χ4n) is 2.71. The van der Waals surface area contributed by atoms with Gasteiger partial charge in [0.05, 0.1) is 5.60 Å². The van der Waals surface area contributed by atoms with Crippen molar-refractivity contribution in [1.29, 1.82) is 0 Å². The monoisotopic (exact) mass is 226 g/mol. The molecule has 3 heteroatoms. The van der Waals surface area contributed by atoms with Gasteiger partial charge in [-0.2, -0.15) is 0 Å². The van der Waals surface area contributed by atoms with Crippen LogP contribution in [0.3, 0.4) is 0 Å². The Labute approximate surface area is 97.2 Å². The number of rotatable bonds is 3. The Hall–Kier alpha value is -0.830. The molecule has 3 nitrogen and oxygen atoms in total. The molecular weight excluding hydrogens is 204 g/mol. The first-order valence-corrected chi connectivity index (χ1v) is 5.96. The smallest absolute Gasteiger partial charge is 0.303 e. The first-order chi connectivity index (χ1) is 7.35. The summed E-state index contributed by atoms with van der Waals surface area (Å²) in [6, 6.07) is 0. The first kappa shape index (κ1) is 13.2. The van der Waals surface area contributed by atoms with Crippen molar-refractivity contribution in [2.24, 2.45) is 5.92 Å². The summed E-state index contributed by atoms with van der Waals surface area (Å²) in [5, 5.41) is 19.3. The minimum atomic E-state index is -0.880. The minimum absolute atomic E-state index is 0.0417. The Kier molecular flexibility index (Phi) is 4.14. The van der Waals surface area contributed by atoms with Crippen molar-refractivity contribution < 1.29 is 15.0 Å². The van der Waals surface area contributed by atoms with Gasteiger partial charge in [-0.1, -0.05) is 12.5 Å². The van der Waals surface area contributed by atoms with Gasteiger partial charge in [-0.3, -0.25) is 4.79 Å². The fraction of sp³-hybridized carbons (Fsp3) is 0.769. The van der Waals surface area contributed by atoms with E-state index in [1.54, 1.807) is 0 Å². The highest BCUT2D eigenvalue weighted by molar-refractivity contribution is 5.66. The molecule has 92 valence electrons. The first-order valence-electron chi connectivity index (χ1n) is 5.96. The lowest BCUT2D eigenvalue weighted by Crippen LogP contribution is -2.38. The van der Waals surface area contributed by atoms with Gasteiger partial charge in [0.2, 0.25) is 0 Å². The standard InChI is InChI=1S/C13H22O3/c1-9(2)11-5-4-10(3)8-13(11,16)7-6-12(14)15/h10,16H,4-8H2,1-3H3,(H,14,15). The summed E-state index contributed by atoms with van der Waals surface area (Å²) in [5.74, 6) is -0.360. The Bertz CT molecular complexity index is 302. The van der Waals surface area contributed by atoms with Crippen molar-refractivity contribution in [2.75, 3.05) is 0 Å². The van der Waals surface area contributed by atoms with E-state index in [0.717, 1.165) is 24.0 Å². The molecule has 2 N–H and O–H groups in total. The third-order valence-corrected chi connectivity index (χ3v) is 3.49. The van der Waals surface area contributed by atoms with Crippen molar-refractivity contribution >= 4 is 5.97 Å². The summed E-state index contributed by atoms with van der Waals surface area (Å²) in [7, 11) is 0. The normalized spacial score (nSPS) is 30.2. The van der Waals surface area contributed by atoms with Crippen LogP contribution in [-0.2, 0) is 4.79 Å². The average molecular weight is 226 g/mol. The molecule has 1 fully saturated rings. The zero-order valence-electron chi connectivity index (χ0n) is 10.4. The van der Waals surface area contributed by atoms with Gasteiger partial charge in [0.15, 0.2) is 0 Å². The second-order valence-corrected chi connectivity index (χ2v) is 5.25. The molecule has 0 aliphatic heterocycles. The summed E-state index contributed by atoms with van der Waals surface area (Å²) in [6.07, 6.45) is 3.07. The summed E-state index contributed by atoms with van der Waals surface area (Å²) < 4.78 is 0. The van der Waals surface area contributed by atoms with E-state index >= 15 is 0 Å². The maximum absolute atomic E-state index is 10.6. The van der Waals surface area contributed by atoms with Crippen LogP contribution >= 0.6 is 0 Å². The quantitative estimate of drug-likeness (QED) is 0.727. The lowest BCUT2D eigenvalue weighted by molar-refractivity contribution is -0.138. The van der Waals surface area contributed by atoms with Gasteiger partial charge in [0, 0.05) is 6.42 Å². The van der Waals surface area contributed by atoms with Crippen molar-refractivity contribution in [3.8, 4) is 0 Å². The van der Waals surface area contributed by atoms with E-state index in [1.165, 1.54) is 0 Å². The molecule has 1 aliphatic carbocycles. The largest absolute Gasteiger partial charge is 0.481 e. The van der Waals surface area contributed by atoms with Crippen LogP contribution in [0.1, 0.15) is 52.9 Å². The van der Waals surface area contributed by atoms with E-state index in [9.17, 15) is 9.90 Å². The number of aliphatic hydroxyl groups is 1. The molecule has 1 saturated carbocycles. The molecule has 0 radical (unpaired) electrons. The van der Waals surface area contributed by atoms with Gasteiger partial charge in [-0.25, -0.2) is 0 Å². The fourth-order valence-corrected chi connectivity index (χ4v) is 2.71. The third-order valence-electron chi connectivity index (χ3n) is 3.49. The summed E-state index contributed by atoms with van der Waals surface area (Å²) >= 11 is 0. The third kappa shape index (κ3) is 3.08. The zero-order valence-corrected chi connectivity index (χ0v) is 10.4. The van der Waals surface area contributed by atoms with E-state index < -0.39 is 11.6 Å². The van der Waals surface area contributed by atoms with Gasteiger partial charge in [0.25, 0.3) is 0 Å². The molecular formula is C13H22O3. The van der Waals surface area contributed by atoms with E-state index in [1.807, 2.05) is 13.8 Å². The van der Waals surface area contributed by atoms with Crippen LogP contribution in [-0.4, -0.2) is 21.8 Å². The average Bonchev–Trinajstić information content (AvgIpc) is 2.14. The van der Waals surface area contributed by atoms with Crippen LogP contribution in [0.15, 0.2) is 11.1 Å². The number of hydrogen-bond acceptors (Lipinski definition) is 2. The number of aliphatic carboxylic acids is 1. The zero-order chi connectivity index (χ0) is 12.3. The van der Waals surface area contributed by atoms with Crippen molar-refractivity contribution in [3.05, 3.63) is 11.1 Å². The molecule has 1 aliphatic rings. The number of carboxylic acid groups (broad SMARTS) is 1. The van der Waals surface area contributed by atoms with Crippen LogP contribution in [0, 0.1) is 5.92 Å². The molecule has 0 bridgehead atoms. The lowest BCUT2D eigenvalue weighted by Gasteiger charge is -2.39. The van der Waals surface area contributed by atoms with Gasteiger partial charge >= 0.3 is 5.97 Å². The summed E-state index contributed by atoms with van der Waals surface area (Å²) in [6.45, 7) is 6.11. The Morgan fingerprint density at radius 2 is 2.12 bits per heavy atom. The van der Waals surface area contributed by atoms with Crippen LogP contribution < -0.4 is 0 Å². The number of carbonyl (C=O) groups is 1. The van der Waals surface area contributed by atoms with Crippen molar-refractivity contribution in [3.63, 3.8) is 0 Å². The SMILES string of the molecule is CC(C)=C1CCC(C)CC1(O)CCC(=O)O. The molecule has 2 unspecified atom stereocenters. The Morgan fingerprint density at radius 1 is 1.50 bits per heavy atom. The summed E-state index contributed by atoms with van der Waals surface area (Å²) in [4.78, 5) is 10.6. The van der Waals surface area contributed by atoms with E-state index in [4.69, 9.17) is 5.11 Å². The second kappa shape index (κ2) is 5.00. The number of allylic oxidation sites excluding steroid dienone is 1. The molecule has 2 atom stereocenters. The predicted octanol–water partition coefficient (Wildman–Crippen LogP) is 2.74. The van der Waals surface area contributed by atoms with Crippen LogP contribution in [0.25, 0.3) is 0 Å². The van der Waals surface area contributed by atoms with Crippen LogP contribution in [0.2, 0.25) is 0 Å². The maximum atomic E-state index is 10.6. The maximum Gasteiger partial charge on any atom is 0.303 e. The molecule has 0 aromatic carbocycles. The number of hydrogen-bond donors (Lipinski definition) is 2. The topological polar surface area (TPSA) is 57.5 Å². The van der Waals surface area contributed by atoms with E-state index in [-0.39, 0.29) is 6.42 Å². The van der Waals surface area contributed by atoms with Gasteiger partial charge < -0.3 is 10.2 Å². The molecule has 1 rings (SSSR count). The van der Waals surface area contributed by atoms with Gasteiger partial charge in [0.1, 0.15) is 0 Å². The van der Waals surface area contributed by atoms with E-state index in [2.05, 4.69) is 6.92 Å². The molecule has 0 aromatic heterocycles. The van der Waals surface area contributed by atoms with Crippen LogP contribution in [0.5, 0.6) is 0 Å². The highest BCUT2D eigenvalue weighted by atomic mass is 16.4. The number of carboxylic acids is 1. The molecule has 16 heavy (non-hydrogen) atoms. The Balaban J connectivity index is 2.84. The lowest BCUT2D eigenvalue weighted by atomic mass is 9.71. The van der Waals surface area contributed by atoms with Crippen LogP contribution in [0.4, 0.5) is 0 Å². The van der Waals surface area contributed by atoms with Gasteiger partial charge in [-0.05, 0) is 51.0 Å². The van der Waals surface area contributed by atoms with E-state index in [0.29, 0.717) is 18.8 Å². The second-order valence-electron chi connectivity index (χ2n) is 5.25.